The molecule has 0 aliphatic rings. The van der Waals surface area contributed by atoms with Crippen LogP contribution in [0.5, 0.6) is 5.75 Å². The number of hydrogen-bond donors (Lipinski definition) is 1. The van der Waals surface area contributed by atoms with E-state index >= 15 is 0 Å². The average Bonchev–Trinajstić information content (AvgIpc) is 3.13. The maximum Gasteiger partial charge on any atom is 0.142 e. The van der Waals surface area contributed by atoms with E-state index in [9.17, 15) is 5.26 Å². The molecule has 0 spiro atoms. The number of aromatic nitrogens is 1. The molecule has 0 aliphatic carbocycles. The van der Waals surface area contributed by atoms with Gasteiger partial charge in [0.2, 0.25) is 0 Å². The van der Waals surface area contributed by atoms with Crippen molar-refractivity contribution >= 4 is 50.1 Å². The second-order valence-corrected chi connectivity index (χ2v) is 7.41. The normalized spacial score (nSPS) is 11.1. The molecule has 3 aromatic rings. The predicted molar refractivity (Wildman–Crippen MR) is 110 cm³/mol. The van der Waals surface area contributed by atoms with Gasteiger partial charge in [0, 0.05) is 26.6 Å². The first-order valence-corrected chi connectivity index (χ1v) is 9.58. The number of nitrogens with one attached hydrogen (secondary N) is 1. The van der Waals surface area contributed by atoms with Crippen molar-refractivity contribution in [1.29, 1.82) is 5.26 Å². The average molecular weight is 447 g/mol. The van der Waals surface area contributed by atoms with E-state index < -0.39 is 0 Å². The first-order chi connectivity index (χ1) is 12.6. The third-order valence-electron chi connectivity index (χ3n) is 3.53. The lowest BCUT2D eigenvalue weighted by molar-refractivity contribution is 0.417. The van der Waals surface area contributed by atoms with Crippen LogP contribution in [0.25, 0.3) is 16.8 Å². The van der Waals surface area contributed by atoms with Crippen molar-refractivity contribution in [3.8, 4) is 23.1 Å². The minimum Gasteiger partial charge on any atom is -0.495 e. The lowest BCUT2D eigenvalue weighted by atomic mass is 10.2. The summed E-state index contributed by atoms with van der Waals surface area (Å²) < 4.78 is 6.30. The number of hydrogen-bond acceptors (Lipinski definition) is 5. The fourth-order valence-electron chi connectivity index (χ4n) is 2.24. The van der Waals surface area contributed by atoms with Gasteiger partial charge in [0.25, 0.3) is 0 Å². The van der Waals surface area contributed by atoms with Gasteiger partial charge in [0.15, 0.2) is 0 Å². The SMILES string of the molecule is COc1ccc(Cl)cc1N/C=C(/C#N)c1nc(-c2ccc(Br)cc2)cs1. The number of thiazole rings is 1. The number of methoxy groups -OCH3 is 1. The lowest BCUT2D eigenvalue weighted by Crippen LogP contribution is -1.95. The van der Waals surface area contributed by atoms with Gasteiger partial charge in [-0.3, -0.25) is 0 Å². The van der Waals surface area contributed by atoms with Crippen molar-refractivity contribution in [2.75, 3.05) is 12.4 Å². The Kier molecular flexibility index (Phi) is 5.94. The van der Waals surface area contributed by atoms with E-state index in [4.69, 9.17) is 16.3 Å². The quantitative estimate of drug-likeness (QED) is 0.473. The van der Waals surface area contributed by atoms with E-state index in [-0.39, 0.29) is 0 Å². The van der Waals surface area contributed by atoms with Crippen LogP contribution < -0.4 is 10.1 Å². The number of nitriles is 1. The van der Waals surface area contributed by atoms with E-state index in [1.807, 2.05) is 29.6 Å². The molecule has 0 fully saturated rings. The molecule has 4 nitrogen and oxygen atoms in total. The van der Waals surface area contributed by atoms with Gasteiger partial charge in [-0.15, -0.1) is 11.3 Å². The highest BCUT2D eigenvalue weighted by Crippen LogP contribution is 2.30. The number of benzene rings is 2. The summed E-state index contributed by atoms with van der Waals surface area (Å²) in [6, 6.07) is 15.3. The van der Waals surface area contributed by atoms with Gasteiger partial charge in [-0.05, 0) is 30.3 Å². The summed E-state index contributed by atoms with van der Waals surface area (Å²) in [5.74, 6) is 0.637. The summed E-state index contributed by atoms with van der Waals surface area (Å²) in [5.41, 5.74) is 2.94. The van der Waals surface area contributed by atoms with Crippen LogP contribution in [0.4, 0.5) is 5.69 Å². The Morgan fingerprint density at radius 1 is 1.31 bits per heavy atom. The second kappa shape index (κ2) is 8.37. The summed E-state index contributed by atoms with van der Waals surface area (Å²) in [6.45, 7) is 0. The van der Waals surface area contributed by atoms with Gasteiger partial charge >= 0.3 is 0 Å². The zero-order chi connectivity index (χ0) is 18.5. The molecule has 3 rings (SSSR count). The van der Waals surface area contributed by atoms with Crippen molar-refractivity contribution in [1.82, 2.24) is 4.98 Å². The molecule has 0 saturated carbocycles. The van der Waals surface area contributed by atoms with E-state index in [1.165, 1.54) is 11.3 Å². The molecule has 0 unspecified atom stereocenters. The van der Waals surface area contributed by atoms with Gasteiger partial charge in [-0.25, -0.2) is 4.98 Å². The van der Waals surface area contributed by atoms with Crippen molar-refractivity contribution < 1.29 is 4.74 Å². The number of rotatable bonds is 5. The molecule has 0 bridgehead atoms. The maximum atomic E-state index is 9.50. The van der Waals surface area contributed by atoms with E-state index in [1.54, 1.807) is 31.5 Å². The highest BCUT2D eigenvalue weighted by Gasteiger charge is 2.10. The molecule has 0 amide bonds. The van der Waals surface area contributed by atoms with Crippen LogP contribution in [0.1, 0.15) is 5.01 Å². The van der Waals surface area contributed by atoms with Crippen LogP contribution >= 0.6 is 38.9 Å². The first kappa shape index (κ1) is 18.5. The maximum absolute atomic E-state index is 9.50. The highest BCUT2D eigenvalue weighted by atomic mass is 79.9. The van der Waals surface area contributed by atoms with E-state index in [0.717, 1.165) is 15.7 Å². The fraction of sp³-hybridized carbons (Fsp3) is 0.0526. The van der Waals surface area contributed by atoms with Crippen molar-refractivity contribution in [3.05, 3.63) is 68.5 Å². The summed E-state index contributed by atoms with van der Waals surface area (Å²) in [5, 5.41) is 15.7. The smallest absolute Gasteiger partial charge is 0.142 e. The minimum absolute atomic E-state index is 0.431. The molecule has 0 radical (unpaired) electrons. The van der Waals surface area contributed by atoms with Crippen LogP contribution in [0.15, 0.2) is 58.5 Å². The molecule has 7 heteroatoms. The molecule has 0 saturated heterocycles. The molecule has 1 N–H and O–H groups in total. The molecule has 1 aromatic heterocycles. The van der Waals surface area contributed by atoms with Crippen LogP contribution in [-0.4, -0.2) is 12.1 Å². The third kappa shape index (κ3) is 4.25. The van der Waals surface area contributed by atoms with Crippen LogP contribution in [-0.2, 0) is 0 Å². The summed E-state index contributed by atoms with van der Waals surface area (Å²) in [6.07, 6.45) is 1.61. The van der Waals surface area contributed by atoms with E-state index in [0.29, 0.717) is 27.0 Å². The van der Waals surface area contributed by atoms with Crippen molar-refractivity contribution in [2.45, 2.75) is 0 Å². The Balaban J connectivity index is 1.86. The second-order valence-electron chi connectivity index (χ2n) is 5.20. The monoisotopic (exact) mass is 445 g/mol. The summed E-state index contributed by atoms with van der Waals surface area (Å²) >= 11 is 10.9. The molecular formula is C19H13BrClN3OS. The molecule has 1 heterocycles. The topological polar surface area (TPSA) is 57.9 Å². The Bertz CT molecular complexity index is 993. The van der Waals surface area contributed by atoms with Crippen molar-refractivity contribution in [2.24, 2.45) is 0 Å². The largest absolute Gasteiger partial charge is 0.495 e. The predicted octanol–water partition coefficient (Wildman–Crippen LogP) is 6.21. The number of allylic oxidation sites excluding steroid dienone is 1. The van der Waals surface area contributed by atoms with Crippen LogP contribution in [0, 0.1) is 11.3 Å². The molecule has 26 heavy (non-hydrogen) atoms. The zero-order valence-corrected chi connectivity index (χ0v) is 16.8. The molecular weight excluding hydrogens is 434 g/mol. The Morgan fingerprint density at radius 2 is 2.08 bits per heavy atom. The molecule has 130 valence electrons. The molecule has 0 atom stereocenters. The van der Waals surface area contributed by atoms with Crippen LogP contribution in [0.3, 0.4) is 0 Å². The Morgan fingerprint density at radius 3 is 2.77 bits per heavy atom. The highest BCUT2D eigenvalue weighted by molar-refractivity contribution is 9.10. The zero-order valence-electron chi connectivity index (χ0n) is 13.7. The Labute approximate surface area is 168 Å². The lowest BCUT2D eigenvalue weighted by Gasteiger charge is -2.08. The number of nitrogens with zero attached hydrogens (tertiary/aromatic N) is 2. The molecule has 0 aliphatic heterocycles. The first-order valence-electron chi connectivity index (χ1n) is 7.53. The number of halogens is 2. The third-order valence-corrected chi connectivity index (χ3v) is 5.17. The number of anilines is 1. The van der Waals surface area contributed by atoms with Gasteiger partial charge in [-0.2, -0.15) is 5.26 Å². The van der Waals surface area contributed by atoms with Gasteiger partial charge < -0.3 is 10.1 Å². The minimum atomic E-state index is 0.431. The van der Waals surface area contributed by atoms with Gasteiger partial charge in [0.1, 0.15) is 22.4 Å². The number of ether oxygens (including phenoxy) is 1. The van der Waals surface area contributed by atoms with E-state index in [2.05, 4.69) is 32.3 Å². The standard InChI is InChI=1S/C19H13BrClN3OS/c1-25-18-7-6-15(21)8-16(18)23-10-13(9-22)19-24-17(11-26-19)12-2-4-14(20)5-3-12/h2-8,10-11,23H,1H3/b13-10-. The molecule has 2 aromatic carbocycles. The summed E-state index contributed by atoms with van der Waals surface area (Å²) in [4.78, 5) is 4.57. The Hall–Kier alpha value is -2.33. The fourth-order valence-corrected chi connectivity index (χ4v) is 3.47. The van der Waals surface area contributed by atoms with Crippen LogP contribution in [0.2, 0.25) is 5.02 Å². The summed E-state index contributed by atoms with van der Waals surface area (Å²) in [7, 11) is 1.58. The van der Waals surface area contributed by atoms with Crippen molar-refractivity contribution in [3.63, 3.8) is 0 Å². The van der Waals surface area contributed by atoms with Gasteiger partial charge in [-0.1, -0.05) is 39.7 Å². The van der Waals surface area contributed by atoms with Gasteiger partial charge in [0.05, 0.1) is 18.5 Å².